The molecular formula is C24H34N4O4. The quantitative estimate of drug-likeness (QED) is 0.626. The molecule has 1 aromatic rings. The average molecular weight is 443 g/mol. The molecule has 0 bridgehead atoms. The van der Waals surface area contributed by atoms with E-state index in [0.717, 1.165) is 43.5 Å². The first-order valence-corrected chi connectivity index (χ1v) is 11.7. The van der Waals surface area contributed by atoms with Crippen molar-refractivity contribution in [1.29, 1.82) is 0 Å². The molecule has 1 aliphatic carbocycles. The van der Waals surface area contributed by atoms with Gasteiger partial charge in [-0.3, -0.25) is 14.5 Å². The summed E-state index contributed by atoms with van der Waals surface area (Å²) < 4.78 is 5.77. The third kappa shape index (κ3) is 4.75. The van der Waals surface area contributed by atoms with Gasteiger partial charge in [0.1, 0.15) is 5.54 Å². The summed E-state index contributed by atoms with van der Waals surface area (Å²) in [6.07, 6.45) is 5.39. The molecule has 1 atom stereocenters. The summed E-state index contributed by atoms with van der Waals surface area (Å²) >= 11 is 0. The number of rotatable bonds is 8. The van der Waals surface area contributed by atoms with Crippen molar-refractivity contribution in [1.82, 2.24) is 15.1 Å². The molecule has 2 aliphatic heterocycles. The monoisotopic (exact) mass is 442 g/mol. The third-order valence-electron chi connectivity index (χ3n) is 6.88. The van der Waals surface area contributed by atoms with E-state index < -0.39 is 5.54 Å². The minimum Gasteiger partial charge on any atom is -0.378 e. The standard InChI is InChI=1S/C24H34N4O4/c1-26(2)19-9-7-18(8-10-19)16-27(17-20-6-5-15-32-20)21(29)11-14-28-22(30)24(25-23(28)31)12-3-4-13-24/h7-10,20H,3-6,11-17H2,1-2H3,(H,25,31). The van der Waals surface area contributed by atoms with Crippen LogP contribution in [-0.2, 0) is 20.9 Å². The Morgan fingerprint density at radius 3 is 2.50 bits per heavy atom. The lowest BCUT2D eigenvalue weighted by molar-refractivity contribution is -0.135. The van der Waals surface area contributed by atoms with Gasteiger partial charge in [-0.25, -0.2) is 4.79 Å². The molecule has 174 valence electrons. The van der Waals surface area contributed by atoms with Crippen LogP contribution in [0.25, 0.3) is 0 Å². The second-order valence-corrected chi connectivity index (χ2v) is 9.40. The summed E-state index contributed by atoms with van der Waals surface area (Å²) in [5, 5.41) is 2.88. The van der Waals surface area contributed by atoms with E-state index in [4.69, 9.17) is 4.74 Å². The van der Waals surface area contributed by atoms with E-state index in [-0.39, 0.29) is 36.9 Å². The third-order valence-corrected chi connectivity index (χ3v) is 6.88. The molecule has 2 saturated heterocycles. The first-order chi connectivity index (χ1) is 15.4. The molecule has 4 amide bonds. The molecule has 1 N–H and O–H groups in total. The van der Waals surface area contributed by atoms with Crippen molar-refractivity contribution in [3.8, 4) is 0 Å². The number of nitrogens with zero attached hydrogens (tertiary/aromatic N) is 3. The smallest absolute Gasteiger partial charge is 0.325 e. The van der Waals surface area contributed by atoms with Gasteiger partial charge in [-0.2, -0.15) is 0 Å². The lowest BCUT2D eigenvalue weighted by Crippen LogP contribution is -2.44. The molecule has 1 saturated carbocycles. The second-order valence-electron chi connectivity index (χ2n) is 9.40. The Hall–Kier alpha value is -2.61. The molecule has 32 heavy (non-hydrogen) atoms. The number of imide groups is 1. The Bertz CT molecular complexity index is 842. The van der Waals surface area contributed by atoms with E-state index in [0.29, 0.717) is 25.9 Å². The molecule has 8 heteroatoms. The van der Waals surface area contributed by atoms with Crippen LogP contribution < -0.4 is 10.2 Å². The number of anilines is 1. The van der Waals surface area contributed by atoms with Crippen molar-refractivity contribution in [2.24, 2.45) is 0 Å². The molecule has 1 aromatic carbocycles. The van der Waals surface area contributed by atoms with Crippen LogP contribution in [0.2, 0.25) is 0 Å². The van der Waals surface area contributed by atoms with Crippen LogP contribution in [0.5, 0.6) is 0 Å². The van der Waals surface area contributed by atoms with E-state index in [2.05, 4.69) is 5.32 Å². The first-order valence-electron chi connectivity index (χ1n) is 11.7. The van der Waals surface area contributed by atoms with Gasteiger partial charge in [0.05, 0.1) is 6.10 Å². The maximum atomic E-state index is 13.2. The zero-order valence-corrected chi connectivity index (χ0v) is 19.1. The average Bonchev–Trinajstić information content (AvgIpc) is 3.50. The van der Waals surface area contributed by atoms with Crippen LogP contribution in [0, 0.1) is 0 Å². The fourth-order valence-electron chi connectivity index (χ4n) is 4.97. The number of hydrogen-bond acceptors (Lipinski definition) is 5. The Kier molecular flexibility index (Phi) is 6.69. The number of amides is 4. The van der Waals surface area contributed by atoms with E-state index in [9.17, 15) is 14.4 Å². The molecule has 0 radical (unpaired) electrons. The van der Waals surface area contributed by atoms with Gasteiger partial charge in [-0.15, -0.1) is 0 Å². The number of ether oxygens (including phenoxy) is 1. The lowest BCUT2D eigenvalue weighted by Gasteiger charge is -2.27. The molecule has 8 nitrogen and oxygen atoms in total. The molecule has 3 aliphatic rings. The van der Waals surface area contributed by atoms with Crippen LogP contribution in [0.15, 0.2) is 24.3 Å². The van der Waals surface area contributed by atoms with Gasteiger partial charge < -0.3 is 19.9 Å². The Morgan fingerprint density at radius 1 is 1.16 bits per heavy atom. The number of carbonyl (C=O) groups excluding carboxylic acids is 3. The fraction of sp³-hybridized carbons (Fsp3) is 0.625. The van der Waals surface area contributed by atoms with Crippen molar-refractivity contribution in [3.63, 3.8) is 0 Å². The van der Waals surface area contributed by atoms with Crippen LogP contribution in [-0.4, -0.2) is 73.1 Å². The maximum Gasteiger partial charge on any atom is 0.325 e. The number of benzene rings is 1. The van der Waals surface area contributed by atoms with Crippen molar-refractivity contribution in [3.05, 3.63) is 29.8 Å². The van der Waals surface area contributed by atoms with Gasteiger partial charge in [0.25, 0.3) is 5.91 Å². The largest absolute Gasteiger partial charge is 0.378 e. The number of urea groups is 1. The predicted octanol–water partition coefficient (Wildman–Crippen LogP) is 2.51. The van der Waals surface area contributed by atoms with E-state index in [1.54, 1.807) is 0 Å². The van der Waals surface area contributed by atoms with Gasteiger partial charge in [-0.05, 0) is 43.4 Å². The van der Waals surface area contributed by atoms with Crippen molar-refractivity contribution < 1.29 is 19.1 Å². The molecule has 3 fully saturated rings. The van der Waals surface area contributed by atoms with Crippen molar-refractivity contribution in [2.45, 2.75) is 63.1 Å². The zero-order valence-electron chi connectivity index (χ0n) is 19.1. The predicted molar refractivity (Wildman–Crippen MR) is 121 cm³/mol. The fourth-order valence-corrected chi connectivity index (χ4v) is 4.97. The van der Waals surface area contributed by atoms with Crippen LogP contribution in [0.3, 0.4) is 0 Å². The second kappa shape index (κ2) is 9.48. The zero-order chi connectivity index (χ0) is 22.7. The first kappa shape index (κ1) is 22.6. The lowest BCUT2D eigenvalue weighted by atomic mass is 9.98. The summed E-state index contributed by atoms with van der Waals surface area (Å²) in [5.74, 6) is -0.233. The summed E-state index contributed by atoms with van der Waals surface area (Å²) in [7, 11) is 3.99. The Morgan fingerprint density at radius 2 is 1.88 bits per heavy atom. The highest BCUT2D eigenvalue weighted by atomic mass is 16.5. The van der Waals surface area contributed by atoms with Gasteiger partial charge >= 0.3 is 6.03 Å². The molecule has 4 rings (SSSR count). The number of carbonyl (C=O) groups is 3. The molecule has 0 aromatic heterocycles. The summed E-state index contributed by atoms with van der Waals surface area (Å²) in [5.41, 5.74) is 1.41. The SMILES string of the molecule is CN(C)c1ccc(CN(CC2CCCO2)C(=O)CCN2C(=O)NC3(CCCC3)C2=O)cc1. The molecule has 2 heterocycles. The van der Waals surface area contributed by atoms with Crippen LogP contribution >= 0.6 is 0 Å². The van der Waals surface area contributed by atoms with Crippen LogP contribution in [0.4, 0.5) is 10.5 Å². The van der Waals surface area contributed by atoms with Crippen molar-refractivity contribution in [2.75, 3.05) is 38.7 Å². The Balaban J connectivity index is 1.40. The van der Waals surface area contributed by atoms with Gasteiger partial charge in [0, 0.05) is 52.4 Å². The van der Waals surface area contributed by atoms with Gasteiger partial charge in [-0.1, -0.05) is 25.0 Å². The molecular weight excluding hydrogens is 408 g/mol. The summed E-state index contributed by atoms with van der Waals surface area (Å²) in [6.45, 7) is 1.86. The highest BCUT2D eigenvalue weighted by Crippen LogP contribution is 2.35. The van der Waals surface area contributed by atoms with Gasteiger partial charge in [0.2, 0.25) is 5.91 Å². The van der Waals surface area contributed by atoms with Crippen molar-refractivity contribution >= 4 is 23.5 Å². The topological polar surface area (TPSA) is 82.2 Å². The maximum absolute atomic E-state index is 13.2. The molecule has 1 unspecified atom stereocenters. The van der Waals surface area contributed by atoms with Crippen LogP contribution in [0.1, 0.15) is 50.5 Å². The van der Waals surface area contributed by atoms with E-state index in [1.165, 1.54) is 4.90 Å². The minimum atomic E-state index is -0.730. The number of hydrogen-bond donors (Lipinski definition) is 1. The van der Waals surface area contributed by atoms with E-state index in [1.807, 2.05) is 48.2 Å². The normalized spacial score (nSPS) is 21.9. The van der Waals surface area contributed by atoms with E-state index >= 15 is 0 Å². The highest BCUT2D eigenvalue weighted by molar-refractivity contribution is 6.07. The minimum absolute atomic E-state index is 0.0403. The summed E-state index contributed by atoms with van der Waals surface area (Å²) in [6, 6.07) is 7.78. The summed E-state index contributed by atoms with van der Waals surface area (Å²) in [4.78, 5) is 43.6. The Labute approximate surface area is 189 Å². The molecule has 1 spiro atoms. The highest BCUT2D eigenvalue weighted by Gasteiger charge is 2.52. The number of nitrogens with one attached hydrogen (secondary N) is 1. The van der Waals surface area contributed by atoms with Gasteiger partial charge in [0.15, 0.2) is 0 Å².